The molecule has 0 amide bonds. The molecular formula is C11H23NO3. The van der Waals surface area contributed by atoms with E-state index in [0.29, 0.717) is 6.10 Å². The maximum absolute atomic E-state index is 5.49. The molecule has 15 heavy (non-hydrogen) atoms. The minimum absolute atomic E-state index is 0.340. The quantitative estimate of drug-likeness (QED) is 0.550. The molecule has 1 aliphatic rings. The van der Waals surface area contributed by atoms with Gasteiger partial charge in [-0.05, 0) is 6.42 Å². The van der Waals surface area contributed by atoms with Gasteiger partial charge < -0.3 is 19.5 Å². The first-order chi connectivity index (χ1) is 7.43. The fraction of sp³-hybridized carbons (Fsp3) is 1.00. The van der Waals surface area contributed by atoms with Gasteiger partial charge >= 0.3 is 0 Å². The van der Waals surface area contributed by atoms with Crippen molar-refractivity contribution >= 4 is 0 Å². The third-order valence-electron chi connectivity index (χ3n) is 2.31. The number of nitrogens with one attached hydrogen (secondary N) is 1. The lowest BCUT2D eigenvalue weighted by Crippen LogP contribution is -2.38. The molecule has 90 valence electrons. The van der Waals surface area contributed by atoms with Crippen molar-refractivity contribution in [3.63, 3.8) is 0 Å². The van der Waals surface area contributed by atoms with Crippen LogP contribution >= 0.6 is 0 Å². The number of unbranched alkanes of at least 4 members (excludes halogenated alkanes) is 1. The first-order valence-corrected chi connectivity index (χ1v) is 5.91. The highest BCUT2D eigenvalue weighted by Crippen LogP contribution is 2.03. The number of ether oxygens (including phenoxy) is 3. The Hall–Kier alpha value is -0.160. The Bertz CT molecular complexity index is 140. The van der Waals surface area contributed by atoms with E-state index in [2.05, 4.69) is 12.2 Å². The maximum atomic E-state index is 5.49. The van der Waals surface area contributed by atoms with E-state index < -0.39 is 0 Å². The lowest BCUT2D eigenvalue weighted by molar-refractivity contribution is -0.128. The molecule has 0 unspecified atom stereocenters. The molecule has 0 aliphatic carbocycles. The van der Waals surface area contributed by atoms with Crippen molar-refractivity contribution in [3.8, 4) is 0 Å². The van der Waals surface area contributed by atoms with Gasteiger partial charge in [0.1, 0.15) is 6.10 Å². The summed E-state index contributed by atoms with van der Waals surface area (Å²) >= 11 is 0. The van der Waals surface area contributed by atoms with Crippen molar-refractivity contribution in [3.05, 3.63) is 0 Å². The van der Waals surface area contributed by atoms with Crippen LogP contribution in [0, 0.1) is 0 Å². The van der Waals surface area contributed by atoms with E-state index in [0.717, 1.165) is 52.5 Å². The molecule has 1 saturated heterocycles. The van der Waals surface area contributed by atoms with Crippen LogP contribution in [0.5, 0.6) is 0 Å². The van der Waals surface area contributed by atoms with Crippen LogP contribution < -0.4 is 5.32 Å². The molecule has 1 aliphatic heterocycles. The average molecular weight is 217 g/mol. The van der Waals surface area contributed by atoms with E-state index in [4.69, 9.17) is 14.2 Å². The first-order valence-electron chi connectivity index (χ1n) is 5.91. The van der Waals surface area contributed by atoms with Crippen molar-refractivity contribution < 1.29 is 14.2 Å². The summed E-state index contributed by atoms with van der Waals surface area (Å²) in [6, 6.07) is 0. The molecule has 0 saturated carbocycles. The summed E-state index contributed by atoms with van der Waals surface area (Å²) in [5.74, 6) is 0. The third kappa shape index (κ3) is 6.84. The van der Waals surface area contributed by atoms with Crippen molar-refractivity contribution in [1.29, 1.82) is 0 Å². The van der Waals surface area contributed by atoms with Gasteiger partial charge in [-0.15, -0.1) is 0 Å². The van der Waals surface area contributed by atoms with Crippen LogP contribution in [0.3, 0.4) is 0 Å². The van der Waals surface area contributed by atoms with E-state index in [1.165, 1.54) is 6.42 Å². The molecule has 0 spiro atoms. The topological polar surface area (TPSA) is 39.7 Å². The number of hydrogen-bond acceptors (Lipinski definition) is 4. The van der Waals surface area contributed by atoms with E-state index in [9.17, 15) is 0 Å². The monoisotopic (exact) mass is 217 g/mol. The molecule has 1 heterocycles. The maximum Gasteiger partial charge on any atom is 0.104 e. The van der Waals surface area contributed by atoms with Crippen LogP contribution in [0.15, 0.2) is 0 Å². The van der Waals surface area contributed by atoms with Gasteiger partial charge in [0, 0.05) is 19.7 Å². The summed E-state index contributed by atoms with van der Waals surface area (Å²) in [6.07, 6.45) is 2.70. The highest BCUT2D eigenvalue weighted by atomic mass is 16.6. The predicted octanol–water partition coefficient (Wildman–Crippen LogP) is 0.808. The zero-order valence-corrected chi connectivity index (χ0v) is 9.67. The largest absolute Gasteiger partial charge is 0.380 e. The van der Waals surface area contributed by atoms with Gasteiger partial charge in [0.25, 0.3) is 0 Å². The van der Waals surface area contributed by atoms with Crippen LogP contribution in [0.1, 0.15) is 19.8 Å². The van der Waals surface area contributed by atoms with Gasteiger partial charge in [-0.25, -0.2) is 0 Å². The van der Waals surface area contributed by atoms with E-state index in [1.807, 2.05) is 0 Å². The molecule has 4 nitrogen and oxygen atoms in total. The Morgan fingerprint density at radius 2 is 2.00 bits per heavy atom. The van der Waals surface area contributed by atoms with E-state index in [-0.39, 0.29) is 0 Å². The fourth-order valence-electron chi connectivity index (χ4n) is 1.23. The van der Waals surface area contributed by atoms with Crippen LogP contribution in [0.4, 0.5) is 0 Å². The zero-order valence-electron chi connectivity index (χ0n) is 9.67. The van der Waals surface area contributed by atoms with Crippen molar-refractivity contribution in [2.45, 2.75) is 25.9 Å². The summed E-state index contributed by atoms with van der Waals surface area (Å²) in [6.45, 7) is 7.95. The van der Waals surface area contributed by atoms with E-state index in [1.54, 1.807) is 0 Å². The predicted molar refractivity (Wildman–Crippen MR) is 59.2 cm³/mol. The van der Waals surface area contributed by atoms with Gasteiger partial charge in [0.2, 0.25) is 0 Å². The average Bonchev–Trinajstić information content (AvgIpc) is 2.18. The van der Waals surface area contributed by atoms with Gasteiger partial charge in [0.15, 0.2) is 0 Å². The second-order valence-corrected chi connectivity index (χ2v) is 3.75. The SMILES string of the molecule is CCCCOCCNCCOC1COC1. The molecule has 0 aromatic rings. The molecule has 1 fully saturated rings. The molecule has 0 aromatic heterocycles. The normalized spacial score (nSPS) is 16.6. The van der Waals surface area contributed by atoms with E-state index >= 15 is 0 Å². The van der Waals surface area contributed by atoms with Crippen molar-refractivity contribution in [2.24, 2.45) is 0 Å². The highest BCUT2D eigenvalue weighted by Gasteiger charge is 2.17. The van der Waals surface area contributed by atoms with Gasteiger partial charge in [-0.1, -0.05) is 13.3 Å². The van der Waals surface area contributed by atoms with Gasteiger partial charge in [-0.2, -0.15) is 0 Å². The Kier molecular flexibility index (Phi) is 7.83. The van der Waals surface area contributed by atoms with Crippen LogP contribution in [0.25, 0.3) is 0 Å². The van der Waals surface area contributed by atoms with Crippen LogP contribution in [0.2, 0.25) is 0 Å². The Balaban J connectivity index is 1.66. The lowest BCUT2D eigenvalue weighted by atomic mass is 10.3. The van der Waals surface area contributed by atoms with Gasteiger partial charge in [0.05, 0.1) is 26.4 Å². The van der Waals surface area contributed by atoms with Crippen LogP contribution in [-0.2, 0) is 14.2 Å². The first kappa shape index (κ1) is 12.9. The summed E-state index contributed by atoms with van der Waals surface area (Å²) < 4.78 is 15.9. The minimum atomic E-state index is 0.340. The molecule has 0 aromatic carbocycles. The smallest absolute Gasteiger partial charge is 0.104 e. The molecule has 0 bridgehead atoms. The lowest BCUT2D eigenvalue weighted by Gasteiger charge is -2.25. The molecule has 0 atom stereocenters. The molecule has 0 radical (unpaired) electrons. The Labute approximate surface area is 92.3 Å². The third-order valence-corrected chi connectivity index (χ3v) is 2.31. The molecule has 1 rings (SSSR count). The van der Waals surface area contributed by atoms with Crippen LogP contribution in [-0.4, -0.2) is 52.2 Å². The summed E-state index contributed by atoms with van der Waals surface area (Å²) in [4.78, 5) is 0. The van der Waals surface area contributed by atoms with Crippen molar-refractivity contribution in [2.75, 3.05) is 46.1 Å². The Morgan fingerprint density at radius 3 is 2.67 bits per heavy atom. The second kappa shape index (κ2) is 9.09. The summed E-state index contributed by atoms with van der Waals surface area (Å²) in [5.41, 5.74) is 0. The fourth-order valence-corrected chi connectivity index (χ4v) is 1.23. The number of hydrogen-bond donors (Lipinski definition) is 1. The highest BCUT2D eigenvalue weighted by molar-refractivity contribution is 4.64. The molecular weight excluding hydrogens is 194 g/mol. The minimum Gasteiger partial charge on any atom is -0.380 e. The Morgan fingerprint density at radius 1 is 1.20 bits per heavy atom. The molecule has 1 N–H and O–H groups in total. The summed E-state index contributed by atoms with van der Waals surface area (Å²) in [7, 11) is 0. The standard InChI is InChI=1S/C11H23NO3/c1-2-3-6-13-7-4-12-5-8-15-11-9-14-10-11/h11-12H,2-10H2,1H3. The van der Waals surface area contributed by atoms with Gasteiger partial charge in [-0.3, -0.25) is 0 Å². The summed E-state index contributed by atoms with van der Waals surface area (Å²) in [5, 5.41) is 3.28. The zero-order chi connectivity index (χ0) is 10.8. The number of rotatable bonds is 10. The van der Waals surface area contributed by atoms with Crippen molar-refractivity contribution in [1.82, 2.24) is 5.32 Å². The second-order valence-electron chi connectivity index (χ2n) is 3.75. The molecule has 4 heteroatoms.